The van der Waals surface area contributed by atoms with Crippen molar-refractivity contribution >= 4 is 48.1 Å². The Morgan fingerprint density at radius 3 is 1.89 bits per heavy atom. The number of carbonyl (C=O) groups excluding carboxylic acids is 5. The molecule has 2 aliphatic heterocycles. The first-order chi connectivity index (χ1) is 30.8. The number of unbranched alkanes of at least 4 members (excludes halogenated alkanes) is 1. The van der Waals surface area contributed by atoms with Crippen molar-refractivity contribution in [2.75, 3.05) is 13.2 Å². The smallest absolute Gasteiger partial charge is 0.262 e. The zero-order chi connectivity index (χ0) is 45.7. The summed E-state index contributed by atoms with van der Waals surface area (Å²) in [5.41, 5.74) is 1.64. The second kappa shape index (κ2) is 22.2. The molecule has 12 heteroatoms. The number of fused-ring (bicyclic) bond motifs is 1. The third-order valence-corrected chi connectivity index (χ3v) is 17.4. The molecule has 338 valence electrons. The van der Waals surface area contributed by atoms with Crippen LogP contribution in [0.1, 0.15) is 84.3 Å². The molecular formula is C52H64N4O7Si. The monoisotopic (exact) mass is 884 g/mol. The van der Waals surface area contributed by atoms with E-state index in [1.807, 2.05) is 97.9 Å². The number of piperidine rings is 1. The first-order valence-electron chi connectivity index (χ1n) is 22.8. The van der Waals surface area contributed by atoms with Crippen LogP contribution in [0.25, 0.3) is 0 Å². The van der Waals surface area contributed by atoms with Gasteiger partial charge in [-0.25, -0.2) is 0 Å². The van der Waals surface area contributed by atoms with Gasteiger partial charge in [0, 0.05) is 19.4 Å². The Balaban J connectivity index is 1.20. The van der Waals surface area contributed by atoms with E-state index in [1.54, 1.807) is 24.0 Å². The van der Waals surface area contributed by atoms with E-state index in [-0.39, 0.29) is 36.0 Å². The minimum Gasteiger partial charge on any atom is -0.494 e. The highest BCUT2D eigenvalue weighted by atomic mass is 28.4. The number of amides is 4. The average Bonchev–Trinajstić information content (AvgIpc) is 3.30. The number of nitrogens with one attached hydrogen (secondary N) is 3. The lowest BCUT2D eigenvalue weighted by Gasteiger charge is -2.44. The molecule has 0 aliphatic carbocycles. The fraction of sp³-hybridized carbons (Fsp3) is 0.404. The Labute approximate surface area is 379 Å². The SMILES string of the molecule is CCOc1ccc(C[C@@H]2NC(=O)[C@H](CCC/C=C/C(=O)[C@H](C)O[Si](c3ccccc3)(c3ccccc3)C(C)(C)C)NC(=O)[C@H]3CCCCN3C(=O)[C@H](Cc3ccccc3)NC2=O)cc1. The minimum atomic E-state index is -2.97. The number of allylic oxidation sites excluding steroid dienone is 1. The molecule has 0 saturated carbocycles. The summed E-state index contributed by atoms with van der Waals surface area (Å²) in [6.45, 7) is 11.1. The molecule has 0 radical (unpaired) electrons. The largest absolute Gasteiger partial charge is 0.494 e. The zero-order valence-corrected chi connectivity index (χ0v) is 38.9. The van der Waals surface area contributed by atoms with Crippen molar-refractivity contribution in [1.82, 2.24) is 20.9 Å². The van der Waals surface area contributed by atoms with Gasteiger partial charge in [-0.3, -0.25) is 24.0 Å². The molecule has 0 aromatic heterocycles. The van der Waals surface area contributed by atoms with Crippen LogP contribution >= 0.6 is 0 Å². The zero-order valence-electron chi connectivity index (χ0n) is 37.9. The predicted octanol–water partition coefficient (Wildman–Crippen LogP) is 5.98. The Bertz CT molecular complexity index is 2170. The molecule has 2 aliphatic rings. The molecule has 11 nitrogen and oxygen atoms in total. The van der Waals surface area contributed by atoms with Crippen molar-refractivity contribution in [3.8, 4) is 5.75 Å². The van der Waals surface area contributed by atoms with Crippen LogP contribution in [0.2, 0.25) is 5.04 Å². The number of carbonyl (C=O) groups is 5. The number of hydrogen-bond acceptors (Lipinski definition) is 7. The maximum Gasteiger partial charge on any atom is 0.262 e. The van der Waals surface area contributed by atoms with E-state index in [1.165, 1.54) is 0 Å². The number of ether oxygens (including phenoxy) is 1. The molecule has 4 aromatic rings. The van der Waals surface area contributed by atoms with Crippen molar-refractivity contribution in [2.24, 2.45) is 0 Å². The van der Waals surface area contributed by atoms with Gasteiger partial charge in [0.1, 0.15) is 36.0 Å². The lowest BCUT2D eigenvalue weighted by atomic mass is 9.96. The van der Waals surface area contributed by atoms with E-state index in [9.17, 15) is 24.0 Å². The van der Waals surface area contributed by atoms with E-state index in [4.69, 9.17) is 9.16 Å². The summed E-state index contributed by atoms with van der Waals surface area (Å²) < 4.78 is 12.6. The quantitative estimate of drug-likeness (QED) is 0.0715. The third-order valence-electron chi connectivity index (χ3n) is 12.2. The summed E-state index contributed by atoms with van der Waals surface area (Å²) in [5.74, 6) is -1.21. The van der Waals surface area contributed by atoms with Gasteiger partial charge in [-0.2, -0.15) is 0 Å². The molecule has 0 spiro atoms. The van der Waals surface area contributed by atoms with Gasteiger partial charge in [0.25, 0.3) is 8.32 Å². The highest BCUT2D eigenvalue weighted by molar-refractivity contribution is 6.99. The van der Waals surface area contributed by atoms with Gasteiger partial charge in [-0.15, -0.1) is 0 Å². The van der Waals surface area contributed by atoms with Gasteiger partial charge in [0.05, 0.1) is 6.61 Å². The van der Waals surface area contributed by atoms with Gasteiger partial charge >= 0.3 is 0 Å². The Morgan fingerprint density at radius 1 is 0.734 bits per heavy atom. The van der Waals surface area contributed by atoms with Gasteiger partial charge in [-0.05, 0) is 97.1 Å². The summed E-state index contributed by atoms with van der Waals surface area (Å²) in [4.78, 5) is 72.4. The van der Waals surface area contributed by atoms with Crippen LogP contribution in [0.15, 0.2) is 127 Å². The van der Waals surface area contributed by atoms with E-state index in [0.29, 0.717) is 38.2 Å². The van der Waals surface area contributed by atoms with Crippen molar-refractivity contribution in [3.05, 3.63) is 139 Å². The number of hydrogen-bond donors (Lipinski definition) is 3. The molecule has 2 fully saturated rings. The molecule has 3 N–H and O–H groups in total. The Kier molecular flexibility index (Phi) is 16.5. The molecule has 0 unspecified atom stereocenters. The fourth-order valence-corrected chi connectivity index (χ4v) is 13.6. The molecule has 6 rings (SSSR count). The molecule has 4 amide bonds. The second-order valence-electron chi connectivity index (χ2n) is 17.9. The van der Waals surface area contributed by atoms with Crippen LogP contribution in [0, 0.1) is 0 Å². The van der Waals surface area contributed by atoms with E-state index >= 15 is 0 Å². The minimum absolute atomic E-state index is 0.141. The molecule has 4 aromatic carbocycles. The van der Waals surface area contributed by atoms with Gasteiger partial charge in [0.15, 0.2) is 5.78 Å². The van der Waals surface area contributed by atoms with Crippen LogP contribution in [0.5, 0.6) is 5.75 Å². The predicted molar refractivity (Wildman–Crippen MR) is 253 cm³/mol. The standard InChI is InChI=1S/C52H64N4O7Si/c1-6-62-40-32-30-39(31-33-40)35-44-49(59)55-45(36-38-21-11-7-12-22-38)51(61)56-34-20-19-28-46(56)50(60)53-43(48(58)54-44)27-17-10-18-29-47(57)37(2)63-64(52(3,4)5,41-23-13-8-14-24-41)42-25-15-9-16-26-42/h7-9,11-16,18,21-26,29-33,37,43-46H,6,10,17,19-20,27-28,34-36H2,1-5H3,(H,53,60)(H,54,58)(H,55,59)/b29-18+/t37-,43-,44-,45-,46+/m0/s1. The lowest BCUT2D eigenvalue weighted by molar-refractivity contribution is -0.146. The highest BCUT2D eigenvalue weighted by Crippen LogP contribution is 2.37. The highest BCUT2D eigenvalue weighted by Gasteiger charge is 2.51. The van der Waals surface area contributed by atoms with Crippen LogP contribution in [0.4, 0.5) is 0 Å². The fourth-order valence-electron chi connectivity index (χ4n) is 8.92. The summed E-state index contributed by atoms with van der Waals surface area (Å²) in [5, 5.41) is 10.8. The first kappa shape index (κ1) is 47.6. The van der Waals surface area contributed by atoms with E-state index < -0.39 is 56.3 Å². The van der Waals surface area contributed by atoms with Crippen molar-refractivity contribution in [3.63, 3.8) is 0 Å². The second-order valence-corrected chi connectivity index (χ2v) is 22.1. The molecule has 0 bridgehead atoms. The average molecular weight is 885 g/mol. The van der Waals surface area contributed by atoms with Crippen LogP contribution in [0.3, 0.4) is 0 Å². The number of nitrogens with zero attached hydrogens (tertiary/aromatic N) is 1. The molecule has 2 saturated heterocycles. The van der Waals surface area contributed by atoms with E-state index in [2.05, 4.69) is 61.0 Å². The van der Waals surface area contributed by atoms with E-state index in [0.717, 1.165) is 34.3 Å². The Morgan fingerprint density at radius 2 is 1.28 bits per heavy atom. The normalized spacial score (nSPS) is 20.5. The number of ketones is 1. The van der Waals surface area contributed by atoms with Crippen LogP contribution in [-0.2, 0) is 41.2 Å². The topological polar surface area (TPSA) is 143 Å². The maximum absolute atomic E-state index is 14.4. The van der Waals surface area contributed by atoms with Crippen molar-refractivity contribution in [2.45, 2.75) is 121 Å². The first-order valence-corrected chi connectivity index (χ1v) is 24.7. The third kappa shape index (κ3) is 11.8. The Hall–Kier alpha value is -5.85. The maximum atomic E-state index is 14.4. The molecular weight excluding hydrogens is 821 g/mol. The summed E-state index contributed by atoms with van der Waals surface area (Å²) in [6.07, 6.45) is 6.02. The number of rotatable bonds is 16. The summed E-state index contributed by atoms with van der Waals surface area (Å²) in [7, 11) is -2.97. The molecule has 2 heterocycles. The number of benzene rings is 4. The van der Waals surface area contributed by atoms with Gasteiger partial charge < -0.3 is 30.0 Å². The van der Waals surface area contributed by atoms with Crippen LogP contribution in [-0.4, -0.2) is 86.1 Å². The molecule has 64 heavy (non-hydrogen) atoms. The van der Waals surface area contributed by atoms with Crippen molar-refractivity contribution in [1.29, 1.82) is 0 Å². The van der Waals surface area contributed by atoms with Crippen LogP contribution < -0.4 is 31.1 Å². The van der Waals surface area contributed by atoms with Crippen molar-refractivity contribution < 1.29 is 33.1 Å². The lowest BCUT2D eigenvalue weighted by Crippen LogP contribution is -2.68. The van der Waals surface area contributed by atoms with Gasteiger partial charge in [0.2, 0.25) is 23.6 Å². The summed E-state index contributed by atoms with van der Waals surface area (Å²) in [6, 6.07) is 33.4. The molecule has 5 atom stereocenters. The van der Waals surface area contributed by atoms with Gasteiger partial charge in [-0.1, -0.05) is 130 Å². The summed E-state index contributed by atoms with van der Waals surface area (Å²) >= 11 is 0.